The third kappa shape index (κ3) is 5.15. The zero-order chi connectivity index (χ0) is 13.6. The first kappa shape index (κ1) is 15.1. The molecule has 0 bridgehead atoms. The fourth-order valence-corrected chi connectivity index (χ4v) is 2.16. The summed E-state index contributed by atoms with van der Waals surface area (Å²) in [5.41, 5.74) is 8.51. The molecule has 0 aliphatic carbocycles. The van der Waals surface area contributed by atoms with Gasteiger partial charge in [-0.3, -0.25) is 9.88 Å². The molecule has 1 aromatic heterocycles. The Hall–Kier alpha value is -0.930. The van der Waals surface area contributed by atoms with E-state index in [1.54, 1.807) is 0 Å². The number of hydrogen-bond donors (Lipinski definition) is 1. The fourth-order valence-electron chi connectivity index (χ4n) is 2.16. The van der Waals surface area contributed by atoms with Crippen LogP contribution in [0.25, 0.3) is 0 Å². The van der Waals surface area contributed by atoms with E-state index in [1.807, 2.05) is 12.4 Å². The molecule has 0 aliphatic rings. The van der Waals surface area contributed by atoms with Gasteiger partial charge in [0.1, 0.15) is 0 Å². The highest BCUT2D eigenvalue weighted by Crippen LogP contribution is 2.17. The largest absolute Gasteiger partial charge is 0.330 e. The molecular weight excluding hydrogens is 222 g/mol. The normalized spacial score (nSPS) is 12.1. The Kier molecular flexibility index (Phi) is 5.76. The van der Waals surface area contributed by atoms with Gasteiger partial charge in [0.05, 0.1) is 0 Å². The van der Waals surface area contributed by atoms with Crippen LogP contribution in [0.3, 0.4) is 0 Å². The Morgan fingerprint density at radius 2 is 2.06 bits per heavy atom. The minimum Gasteiger partial charge on any atom is -0.330 e. The number of rotatable bonds is 7. The van der Waals surface area contributed by atoms with Crippen LogP contribution in [0.5, 0.6) is 0 Å². The van der Waals surface area contributed by atoms with Crippen LogP contribution in [-0.2, 0) is 6.54 Å². The Bertz CT molecular complexity index is 361. The number of aromatic nitrogens is 1. The van der Waals surface area contributed by atoms with Crippen molar-refractivity contribution < 1.29 is 0 Å². The van der Waals surface area contributed by atoms with Gasteiger partial charge in [-0.2, -0.15) is 0 Å². The summed E-state index contributed by atoms with van der Waals surface area (Å²) >= 11 is 0. The van der Waals surface area contributed by atoms with Crippen molar-refractivity contribution in [2.24, 2.45) is 11.1 Å². The molecule has 0 aromatic carbocycles. The predicted octanol–water partition coefficient (Wildman–Crippen LogP) is 2.59. The molecule has 0 saturated heterocycles. The molecule has 0 spiro atoms. The molecule has 3 nitrogen and oxygen atoms in total. The second kappa shape index (κ2) is 6.86. The average Bonchev–Trinajstić information content (AvgIpc) is 2.29. The summed E-state index contributed by atoms with van der Waals surface area (Å²) in [6, 6.07) is 2.21. The monoisotopic (exact) mass is 249 g/mol. The highest BCUT2D eigenvalue weighted by molar-refractivity contribution is 5.16. The highest BCUT2D eigenvalue weighted by atomic mass is 15.1. The van der Waals surface area contributed by atoms with Gasteiger partial charge in [-0.05, 0) is 43.0 Å². The number of nitrogens with two attached hydrogens (primary N) is 1. The van der Waals surface area contributed by atoms with E-state index in [4.69, 9.17) is 5.73 Å². The lowest BCUT2D eigenvalue weighted by Crippen LogP contribution is -2.38. The van der Waals surface area contributed by atoms with E-state index in [9.17, 15) is 0 Å². The molecule has 1 heterocycles. The van der Waals surface area contributed by atoms with Gasteiger partial charge in [0.2, 0.25) is 0 Å². The van der Waals surface area contributed by atoms with Crippen LogP contribution < -0.4 is 5.73 Å². The zero-order valence-corrected chi connectivity index (χ0v) is 12.2. The van der Waals surface area contributed by atoms with E-state index in [-0.39, 0.29) is 5.41 Å². The standard InChI is InChI=1S/C15H27N3/c1-5-6-18(12-15(3,4)11-16)10-14-7-13(2)8-17-9-14/h7-9H,5-6,10-12,16H2,1-4H3. The molecule has 3 heteroatoms. The molecule has 2 N–H and O–H groups in total. The number of pyridine rings is 1. The Labute approximate surface area is 111 Å². The quantitative estimate of drug-likeness (QED) is 0.807. The first-order chi connectivity index (χ1) is 8.46. The number of nitrogens with zero attached hydrogens (tertiary/aromatic N) is 2. The molecule has 1 rings (SSSR count). The van der Waals surface area contributed by atoms with Gasteiger partial charge >= 0.3 is 0 Å². The van der Waals surface area contributed by atoms with E-state index in [2.05, 4.69) is 43.6 Å². The summed E-state index contributed by atoms with van der Waals surface area (Å²) in [6.45, 7) is 12.6. The minimum atomic E-state index is 0.173. The van der Waals surface area contributed by atoms with Gasteiger partial charge in [-0.1, -0.05) is 26.8 Å². The third-order valence-corrected chi connectivity index (χ3v) is 3.08. The molecule has 18 heavy (non-hydrogen) atoms. The van der Waals surface area contributed by atoms with Crippen molar-refractivity contribution in [1.82, 2.24) is 9.88 Å². The Morgan fingerprint density at radius 1 is 1.33 bits per heavy atom. The van der Waals surface area contributed by atoms with Crippen molar-refractivity contribution in [3.05, 3.63) is 29.6 Å². The Morgan fingerprint density at radius 3 is 2.61 bits per heavy atom. The van der Waals surface area contributed by atoms with Gasteiger partial charge in [-0.25, -0.2) is 0 Å². The van der Waals surface area contributed by atoms with Crippen LogP contribution in [-0.4, -0.2) is 29.5 Å². The molecule has 102 valence electrons. The van der Waals surface area contributed by atoms with E-state index in [1.165, 1.54) is 17.5 Å². The van der Waals surface area contributed by atoms with E-state index < -0.39 is 0 Å². The molecule has 0 fully saturated rings. The molecule has 1 aromatic rings. The molecule has 0 unspecified atom stereocenters. The summed E-state index contributed by atoms with van der Waals surface area (Å²) in [6.07, 6.45) is 5.03. The maximum absolute atomic E-state index is 5.83. The van der Waals surface area contributed by atoms with Crippen LogP contribution in [0.1, 0.15) is 38.3 Å². The zero-order valence-electron chi connectivity index (χ0n) is 12.2. The van der Waals surface area contributed by atoms with Crippen LogP contribution in [0.15, 0.2) is 18.5 Å². The van der Waals surface area contributed by atoms with E-state index >= 15 is 0 Å². The van der Waals surface area contributed by atoms with Crippen molar-refractivity contribution in [2.75, 3.05) is 19.6 Å². The van der Waals surface area contributed by atoms with Crippen molar-refractivity contribution in [3.63, 3.8) is 0 Å². The lowest BCUT2D eigenvalue weighted by Gasteiger charge is -2.31. The summed E-state index contributed by atoms with van der Waals surface area (Å²) < 4.78 is 0. The third-order valence-electron chi connectivity index (χ3n) is 3.08. The second-order valence-corrected chi connectivity index (χ2v) is 5.95. The topological polar surface area (TPSA) is 42.2 Å². The van der Waals surface area contributed by atoms with Gasteiger partial charge in [-0.15, -0.1) is 0 Å². The smallest absolute Gasteiger partial charge is 0.0313 e. The number of hydrogen-bond acceptors (Lipinski definition) is 3. The van der Waals surface area contributed by atoms with Crippen LogP contribution in [0, 0.1) is 12.3 Å². The molecule has 0 aliphatic heterocycles. The molecular formula is C15H27N3. The lowest BCUT2D eigenvalue weighted by atomic mass is 9.93. The van der Waals surface area contributed by atoms with Gasteiger partial charge in [0.25, 0.3) is 0 Å². The summed E-state index contributed by atoms with van der Waals surface area (Å²) in [5, 5.41) is 0. The van der Waals surface area contributed by atoms with Crippen molar-refractivity contribution in [1.29, 1.82) is 0 Å². The van der Waals surface area contributed by atoms with Crippen LogP contribution >= 0.6 is 0 Å². The predicted molar refractivity (Wildman–Crippen MR) is 77.4 cm³/mol. The highest BCUT2D eigenvalue weighted by Gasteiger charge is 2.19. The number of aryl methyl sites for hydroxylation is 1. The molecule has 0 radical (unpaired) electrons. The summed E-state index contributed by atoms with van der Waals surface area (Å²) in [7, 11) is 0. The SMILES string of the molecule is CCCN(Cc1cncc(C)c1)CC(C)(C)CN. The van der Waals surface area contributed by atoms with Gasteiger partial charge < -0.3 is 5.73 Å². The first-order valence-electron chi connectivity index (χ1n) is 6.80. The van der Waals surface area contributed by atoms with Crippen molar-refractivity contribution in [3.8, 4) is 0 Å². The molecule has 0 amide bonds. The maximum atomic E-state index is 5.83. The molecule has 0 atom stereocenters. The fraction of sp³-hybridized carbons (Fsp3) is 0.667. The van der Waals surface area contributed by atoms with E-state index in [0.717, 1.165) is 26.2 Å². The van der Waals surface area contributed by atoms with Gasteiger partial charge in [0, 0.05) is 25.5 Å². The van der Waals surface area contributed by atoms with Crippen molar-refractivity contribution >= 4 is 0 Å². The van der Waals surface area contributed by atoms with Crippen LogP contribution in [0.2, 0.25) is 0 Å². The maximum Gasteiger partial charge on any atom is 0.0313 e. The Balaban J connectivity index is 2.68. The molecule has 0 saturated carbocycles. The van der Waals surface area contributed by atoms with E-state index in [0.29, 0.717) is 0 Å². The van der Waals surface area contributed by atoms with Crippen molar-refractivity contribution in [2.45, 2.75) is 40.7 Å². The average molecular weight is 249 g/mol. The van der Waals surface area contributed by atoms with Gasteiger partial charge in [0.15, 0.2) is 0 Å². The first-order valence-corrected chi connectivity index (χ1v) is 6.80. The summed E-state index contributed by atoms with van der Waals surface area (Å²) in [5.74, 6) is 0. The van der Waals surface area contributed by atoms with Crippen LogP contribution in [0.4, 0.5) is 0 Å². The summed E-state index contributed by atoms with van der Waals surface area (Å²) in [4.78, 5) is 6.74. The lowest BCUT2D eigenvalue weighted by molar-refractivity contribution is 0.176. The minimum absolute atomic E-state index is 0.173. The second-order valence-electron chi connectivity index (χ2n) is 5.95.